The predicted molar refractivity (Wildman–Crippen MR) is 72.7 cm³/mol. The van der Waals surface area contributed by atoms with E-state index < -0.39 is 0 Å². The zero-order valence-corrected chi connectivity index (χ0v) is 11.5. The van der Waals surface area contributed by atoms with Crippen LogP contribution < -0.4 is 4.74 Å². The third-order valence-electron chi connectivity index (χ3n) is 4.27. The number of carbonyl (C=O) groups is 1. The van der Waals surface area contributed by atoms with Crippen molar-refractivity contribution in [3.05, 3.63) is 29.3 Å². The summed E-state index contributed by atoms with van der Waals surface area (Å²) < 4.78 is 10.9. The lowest BCUT2D eigenvalue weighted by Gasteiger charge is -2.27. The topological polar surface area (TPSA) is 59.3 Å². The molecule has 0 aromatic heterocycles. The minimum Gasteiger partial charge on any atom is -0.495 e. The molecule has 0 amide bonds. The van der Waals surface area contributed by atoms with Gasteiger partial charge in [-0.1, -0.05) is 0 Å². The van der Waals surface area contributed by atoms with Crippen LogP contribution in [0.3, 0.4) is 0 Å². The first-order valence-electron chi connectivity index (χ1n) is 6.99. The summed E-state index contributed by atoms with van der Waals surface area (Å²) in [5, 5.41) is 9.10. The fourth-order valence-electron chi connectivity index (χ4n) is 3.26. The summed E-state index contributed by atoms with van der Waals surface area (Å²) in [7, 11) is 1.52. The summed E-state index contributed by atoms with van der Waals surface area (Å²) in [6, 6.07) is 7.15. The molecule has 4 nitrogen and oxygen atoms in total. The van der Waals surface area contributed by atoms with Gasteiger partial charge in [-0.05, 0) is 43.9 Å². The van der Waals surface area contributed by atoms with Gasteiger partial charge in [0.1, 0.15) is 11.8 Å². The number of hydrogen-bond donors (Lipinski definition) is 0. The number of fused-ring (bicyclic) bond motifs is 2. The van der Waals surface area contributed by atoms with Crippen LogP contribution >= 0.6 is 0 Å². The van der Waals surface area contributed by atoms with E-state index in [1.54, 1.807) is 18.2 Å². The number of methoxy groups -OCH3 is 1. The average molecular weight is 271 g/mol. The van der Waals surface area contributed by atoms with Gasteiger partial charge in [0, 0.05) is 11.5 Å². The highest BCUT2D eigenvalue weighted by atomic mass is 16.5. The minimum atomic E-state index is 0.0289. The summed E-state index contributed by atoms with van der Waals surface area (Å²) in [4.78, 5) is 12.6. The molecule has 3 rings (SSSR count). The number of benzene rings is 1. The van der Waals surface area contributed by atoms with E-state index in [0.717, 1.165) is 25.7 Å². The number of nitrogens with zero attached hydrogens (tertiary/aromatic N) is 1. The molecule has 2 unspecified atom stereocenters. The number of ether oxygens (including phenoxy) is 2. The first-order valence-corrected chi connectivity index (χ1v) is 6.99. The van der Waals surface area contributed by atoms with Crippen LogP contribution in [0.4, 0.5) is 0 Å². The summed E-state index contributed by atoms with van der Waals surface area (Å²) in [6.45, 7) is 0. The maximum atomic E-state index is 12.6. The molecule has 1 aromatic carbocycles. The molecule has 2 aliphatic heterocycles. The van der Waals surface area contributed by atoms with Gasteiger partial charge >= 0.3 is 0 Å². The van der Waals surface area contributed by atoms with Crippen molar-refractivity contribution < 1.29 is 14.3 Å². The summed E-state index contributed by atoms with van der Waals surface area (Å²) in [6.07, 6.45) is 4.25. The Labute approximate surface area is 118 Å². The Kier molecular flexibility index (Phi) is 3.45. The lowest BCUT2D eigenvalue weighted by Crippen LogP contribution is -2.30. The van der Waals surface area contributed by atoms with Crippen molar-refractivity contribution in [3.8, 4) is 11.8 Å². The monoisotopic (exact) mass is 271 g/mol. The third kappa shape index (κ3) is 2.30. The highest BCUT2D eigenvalue weighted by molar-refractivity contribution is 5.98. The normalized spacial score (nSPS) is 27.9. The standard InChI is InChI=1S/C16H17NO3/c1-19-15-5-2-10(6-12(15)9-17)16(18)11-7-13-3-4-14(8-11)20-13/h2,5-6,11,13-14H,3-4,7-8H2,1H3. The number of carbonyl (C=O) groups excluding carboxylic acids is 1. The predicted octanol–water partition coefficient (Wildman–Crippen LogP) is 2.71. The first-order chi connectivity index (χ1) is 9.71. The second-order valence-corrected chi connectivity index (χ2v) is 5.52. The smallest absolute Gasteiger partial charge is 0.166 e. The molecule has 104 valence electrons. The lowest BCUT2D eigenvalue weighted by molar-refractivity contribution is -0.0149. The van der Waals surface area contributed by atoms with Crippen LogP contribution in [0.5, 0.6) is 5.75 Å². The highest BCUT2D eigenvalue weighted by Crippen LogP contribution is 2.37. The van der Waals surface area contributed by atoms with E-state index in [2.05, 4.69) is 6.07 Å². The van der Waals surface area contributed by atoms with E-state index in [1.807, 2.05) is 0 Å². The van der Waals surface area contributed by atoms with E-state index >= 15 is 0 Å². The van der Waals surface area contributed by atoms with Gasteiger partial charge in [-0.15, -0.1) is 0 Å². The number of Topliss-reactive ketones (excluding diaryl/α,β-unsaturated/α-hetero) is 1. The maximum absolute atomic E-state index is 12.6. The molecule has 0 radical (unpaired) electrons. The van der Waals surface area contributed by atoms with Gasteiger partial charge in [0.15, 0.2) is 5.78 Å². The summed E-state index contributed by atoms with van der Waals surface area (Å²) >= 11 is 0. The summed E-state index contributed by atoms with van der Waals surface area (Å²) in [5.41, 5.74) is 1.02. The Bertz CT molecular complexity index is 564. The van der Waals surface area contributed by atoms with E-state index in [1.165, 1.54) is 7.11 Å². The second kappa shape index (κ2) is 5.26. The van der Waals surface area contributed by atoms with Gasteiger partial charge in [-0.3, -0.25) is 4.79 Å². The minimum absolute atomic E-state index is 0.0289. The Hall–Kier alpha value is -1.86. The lowest BCUT2D eigenvalue weighted by atomic mass is 9.87. The van der Waals surface area contributed by atoms with Crippen molar-refractivity contribution in [2.24, 2.45) is 5.92 Å². The number of hydrogen-bond acceptors (Lipinski definition) is 4. The number of ketones is 1. The fourth-order valence-corrected chi connectivity index (χ4v) is 3.26. The third-order valence-corrected chi connectivity index (χ3v) is 4.27. The first kappa shape index (κ1) is 13.1. The molecule has 1 aromatic rings. The molecule has 2 fully saturated rings. The molecule has 0 aliphatic carbocycles. The van der Waals surface area contributed by atoms with Gasteiger partial charge in [0.05, 0.1) is 24.9 Å². The molecule has 0 N–H and O–H groups in total. The van der Waals surface area contributed by atoms with Gasteiger partial charge in [-0.2, -0.15) is 5.26 Å². The largest absolute Gasteiger partial charge is 0.495 e. The summed E-state index contributed by atoms with van der Waals surface area (Å²) in [5.74, 6) is 0.668. The van der Waals surface area contributed by atoms with E-state index in [9.17, 15) is 4.79 Å². The van der Waals surface area contributed by atoms with Crippen LogP contribution in [0, 0.1) is 17.2 Å². The highest BCUT2D eigenvalue weighted by Gasteiger charge is 2.38. The van der Waals surface area contributed by atoms with Crippen LogP contribution in [0.15, 0.2) is 18.2 Å². The van der Waals surface area contributed by atoms with Gasteiger partial charge in [0.2, 0.25) is 0 Å². The Morgan fingerprint density at radius 3 is 2.65 bits per heavy atom. The molecule has 2 atom stereocenters. The molecular weight excluding hydrogens is 254 g/mol. The van der Waals surface area contributed by atoms with E-state index in [4.69, 9.17) is 14.7 Å². The van der Waals surface area contributed by atoms with Crippen molar-refractivity contribution in [2.45, 2.75) is 37.9 Å². The SMILES string of the molecule is COc1ccc(C(=O)C2CC3CCC(C2)O3)cc1C#N. The molecular formula is C16H17NO3. The molecule has 2 heterocycles. The second-order valence-electron chi connectivity index (χ2n) is 5.52. The maximum Gasteiger partial charge on any atom is 0.166 e. The molecule has 0 spiro atoms. The number of rotatable bonds is 3. The van der Waals surface area contributed by atoms with Crippen LogP contribution in [0.25, 0.3) is 0 Å². The van der Waals surface area contributed by atoms with Crippen molar-refractivity contribution in [3.63, 3.8) is 0 Å². The Morgan fingerprint density at radius 1 is 1.35 bits per heavy atom. The zero-order valence-electron chi connectivity index (χ0n) is 11.5. The van der Waals surface area contributed by atoms with Gasteiger partial charge < -0.3 is 9.47 Å². The fraction of sp³-hybridized carbons (Fsp3) is 0.500. The number of nitriles is 1. The molecule has 2 saturated heterocycles. The van der Waals surface area contributed by atoms with E-state index in [0.29, 0.717) is 16.9 Å². The van der Waals surface area contributed by atoms with Crippen molar-refractivity contribution in [1.29, 1.82) is 5.26 Å². The van der Waals surface area contributed by atoms with Crippen molar-refractivity contribution in [2.75, 3.05) is 7.11 Å². The average Bonchev–Trinajstić information content (AvgIpc) is 2.84. The van der Waals surface area contributed by atoms with Crippen LogP contribution in [0.2, 0.25) is 0 Å². The molecule has 20 heavy (non-hydrogen) atoms. The zero-order chi connectivity index (χ0) is 14.1. The van der Waals surface area contributed by atoms with Crippen LogP contribution in [-0.4, -0.2) is 25.1 Å². The molecule has 4 heteroatoms. The molecule has 2 bridgehead atoms. The molecule has 0 saturated carbocycles. The van der Waals surface area contributed by atoms with Crippen LogP contribution in [-0.2, 0) is 4.74 Å². The molecule has 2 aliphatic rings. The van der Waals surface area contributed by atoms with E-state index in [-0.39, 0.29) is 23.9 Å². The van der Waals surface area contributed by atoms with Crippen molar-refractivity contribution >= 4 is 5.78 Å². The Morgan fingerprint density at radius 2 is 2.05 bits per heavy atom. The van der Waals surface area contributed by atoms with Crippen LogP contribution in [0.1, 0.15) is 41.6 Å². The Balaban J connectivity index is 1.82. The quantitative estimate of drug-likeness (QED) is 0.793. The van der Waals surface area contributed by atoms with Gasteiger partial charge in [0.25, 0.3) is 0 Å². The van der Waals surface area contributed by atoms with Crippen molar-refractivity contribution in [1.82, 2.24) is 0 Å². The van der Waals surface area contributed by atoms with Gasteiger partial charge in [-0.25, -0.2) is 0 Å².